The van der Waals surface area contributed by atoms with E-state index in [2.05, 4.69) is 0 Å². The Balaban J connectivity index is 0.00000280. The number of hydrogen-bond acceptors (Lipinski definition) is 4. The molecule has 2 amide bonds. The monoisotopic (exact) mass is 413 g/mol. The van der Waals surface area contributed by atoms with Gasteiger partial charge in [0.25, 0.3) is 5.91 Å². The normalized spacial score (nSPS) is 26.2. The first-order valence-corrected chi connectivity index (χ1v) is 9.45. The number of ether oxygens (including phenoxy) is 1. The fourth-order valence-corrected chi connectivity index (χ4v) is 4.00. The van der Waals surface area contributed by atoms with Crippen molar-refractivity contribution in [3.8, 4) is 0 Å². The number of amides is 2. The zero-order chi connectivity index (χ0) is 19.8. The van der Waals surface area contributed by atoms with E-state index in [0.717, 1.165) is 0 Å². The Morgan fingerprint density at radius 3 is 2.36 bits per heavy atom. The van der Waals surface area contributed by atoms with Gasteiger partial charge in [0, 0.05) is 50.2 Å². The van der Waals surface area contributed by atoms with Gasteiger partial charge in [-0.2, -0.15) is 0 Å². The first kappa shape index (κ1) is 22.6. The number of carbonyl (C=O) groups excluding carboxylic acids is 2. The van der Waals surface area contributed by atoms with Gasteiger partial charge in [-0.3, -0.25) is 9.59 Å². The molecule has 2 N–H and O–H groups in total. The lowest BCUT2D eigenvalue weighted by Crippen LogP contribution is -2.76. The van der Waals surface area contributed by atoms with E-state index >= 15 is 0 Å². The Labute approximate surface area is 171 Å². The average Bonchev–Trinajstić information content (AvgIpc) is 2.66. The fraction of sp³-hybridized carbons (Fsp3) is 0.600. The molecule has 6 nitrogen and oxygen atoms in total. The Hall–Kier alpha value is -1.70. The topological polar surface area (TPSA) is 75.9 Å². The van der Waals surface area contributed by atoms with Crippen LogP contribution in [-0.2, 0) is 9.53 Å². The lowest BCUT2D eigenvalue weighted by Gasteiger charge is -2.59. The van der Waals surface area contributed by atoms with Crippen molar-refractivity contribution in [3.63, 3.8) is 0 Å². The molecule has 1 heterocycles. The zero-order valence-electron chi connectivity index (χ0n) is 16.6. The summed E-state index contributed by atoms with van der Waals surface area (Å²) < 4.78 is 19.0. The Kier molecular flexibility index (Phi) is 6.74. The molecule has 2 unspecified atom stereocenters. The van der Waals surface area contributed by atoms with Crippen LogP contribution in [0.25, 0.3) is 0 Å². The van der Waals surface area contributed by atoms with E-state index < -0.39 is 16.8 Å². The van der Waals surface area contributed by atoms with Crippen LogP contribution in [0.2, 0.25) is 0 Å². The summed E-state index contributed by atoms with van der Waals surface area (Å²) >= 11 is 0. The Bertz CT molecular complexity index is 737. The third-order valence-corrected chi connectivity index (χ3v) is 6.14. The van der Waals surface area contributed by atoms with Crippen molar-refractivity contribution in [2.24, 2.45) is 11.1 Å². The van der Waals surface area contributed by atoms with Crippen LogP contribution in [0.5, 0.6) is 0 Å². The van der Waals surface area contributed by atoms with Crippen molar-refractivity contribution < 1.29 is 18.7 Å². The number of nitrogens with two attached hydrogens (primary N) is 1. The molecule has 1 aliphatic heterocycles. The van der Waals surface area contributed by atoms with Crippen molar-refractivity contribution >= 4 is 24.2 Å². The molecule has 2 aliphatic rings. The van der Waals surface area contributed by atoms with Crippen LogP contribution in [0.4, 0.5) is 4.39 Å². The second-order valence-corrected chi connectivity index (χ2v) is 7.94. The van der Waals surface area contributed by atoms with Crippen LogP contribution >= 0.6 is 12.4 Å². The molecule has 0 aromatic heterocycles. The molecule has 156 valence electrons. The quantitative estimate of drug-likeness (QED) is 0.819. The summed E-state index contributed by atoms with van der Waals surface area (Å²) in [6.45, 7) is 8.14. The maximum absolute atomic E-state index is 13.4. The summed E-state index contributed by atoms with van der Waals surface area (Å²) in [5.41, 5.74) is 5.43. The van der Waals surface area contributed by atoms with E-state index in [9.17, 15) is 14.0 Å². The molecule has 1 saturated heterocycles. The van der Waals surface area contributed by atoms with E-state index in [1.807, 2.05) is 20.8 Å². The van der Waals surface area contributed by atoms with Crippen molar-refractivity contribution in [3.05, 3.63) is 35.6 Å². The van der Waals surface area contributed by atoms with Crippen molar-refractivity contribution in [1.29, 1.82) is 0 Å². The summed E-state index contributed by atoms with van der Waals surface area (Å²) in [7, 11) is 0. The highest BCUT2D eigenvalue weighted by Gasteiger charge is 2.63. The minimum Gasteiger partial charge on any atom is -0.378 e. The molecular formula is C20H29ClFN3O3. The smallest absolute Gasteiger partial charge is 0.254 e. The molecule has 28 heavy (non-hydrogen) atoms. The van der Waals surface area contributed by atoms with Gasteiger partial charge in [0.2, 0.25) is 5.91 Å². The number of halogens is 2. The molecule has 2 fully saturated rings. The molecule has 3 rings (SSSR count). The molecule has 0 spiro atoms. The van der Waals surface area contributed by atoms with Gasteiger partial charge in [-0.15, -0.1) is 12.4 Å². The fourth-order valence-electron chi connectivity index (χ4n) is 4.00. The lowest BCUT2D eigenvalue weighted by atomic mass is 9.54. The maximum Gasteiger partial charge on any atom is 0.254 e. The predicted molar refractivity (Wildman–Crippen MR) is 107 cm³/mol. The predicted octanol–water partition coefficient (Wildman–Crippen LogP) is 2.06. The van der Waals surface area contributed by atoms with Crippen molar-refractivity contribution in [2.45, 2.75) is 38.8 Å². The molecule has 1 aromatic carbocycles. The summed E-state index contributed by atoms with van der Waals surface area (Å²) in [6, 6.07) is 5.67. The third-order valence-electron chi connectivity index (χ3n) is 6.14. The van der Waals surface area contributed by atoms with Crippen LogP contribution < -0.4 is 5.73 Å². The lowest BCUT2D eigenvalue weighted by molar-refractivity contribution is -0.180. The van der Waals surface area contributed by atoms with E-state index in [4.69, 9.17) is 10.5 Å². The average molecular weight is 414 g/mol. The van der Waals surface area contributed by atoms with E-state index in [0.29, 0.717) is 44.8 Å². The van der Waals surface area contributed by atoms with Gasteiger partial charge >= 0.3 is 0 Å². The van der Waals surface area contributed by atoms with Gasteiger partial charge in [-0.1, -0.05) is 19.9 Å². The number of hydrogen-bond donors (Lipinski definition) is 1. The molecule has 2 atom stereocenters. The minimum atomic E-state index is -0.943. The number of carbonyl (C=O) groups is 2. The van der Waals surface area contributed by atoms with Gasteiger partial charge in [-0.05, 0) is 25.1 Å². The van der Waals surface area contributed by atoms with E-state index in [-0.39, 0.29) is 30.3 Å². The van der Waals surface area contributed by atoms with Gasteiger partial charge in [0.05, 0.1) is 6.10 Å². The summed E-state index contributed by atoms with van der Waals surface area (Å²) in [4.78, 5) is 29.0. The Morgan fingerprint density at radius 1 is 1.21 bits per heavy atom. The van der Waals surface area contributed by atoms with Crippen LogP contribution in [0, 0.1) is 11.2 Å². The molecule has 1 aromatic rings. The van der Waals surface area contributed by atoms with E-state index in [1.165, 1.54) is 18.2 Å². The second kappa shape index (κ2) is 8.35. The van der Waals surface area contributed by atoms with Crippen LogP contribution in [0.15, 0.2) is 24.3 Å². The highest BCUT2D eigenvalue weighted by atomic mass is 35.5. The molecule has 0 radical (unpaired) electrons. The highest BCUT2D eigenvalue weighted by molar-refractivity contribution is 5.94. The molecule has 0 bridgehead atoms. The van der Waals surface area contributed by atoms with Gasteiger partial charge in [0.1, 0.15) is 11.4 Å². The first-order valence-electron chi connectivity index (χ1n) is 9.45. The molecule has 1 saturated carbocycles. The minimum absolute atomic E-state index is 0. The zero-order valence-corrected chi connectivity index (χ0v) is 17.4. The first-order chi connectivity index (χ1) is 12.7. The maximum atomic E-state index is 13.4. The number of piperazine rings is 1. The summed E-state index contributed by atoms with van der Waals surface area (Å²) in [6.07, 6.45) is 0.488. The van der Waals surface area contributed by atoms with Crippen LogP contribution in [0.1, 0.15) is 37.6 Å². The second-order valence-electron chi connectivity index (χ2n) is 7.94. The van der Waals surface area contributed by atoms with E-state index in [1.54, 1.807) is 15.9 Å². The van der Waals surface area contributed by atoms with Crippen molar-refractivity contribution in [2.75, 3.05) is 32.8 Å². The highest BCUT2D eigenvalue weighted by Crippen LogP contribution is 2.50. The standard InChI is InChI=1S/C20H28FN3O3.ClH/c1-4-27-16-13-20(22,19(16,2)3)18(26)24-10-8-23(9-11-24)17(25)14-6-5-7-15(21)12-14;/h5-7,12,16H,4,8-11,13,22H2,1-3H3;1H. The SMILES string of the molecule is CCOC1CC(N)(C(=O)N2CCN(C(=O)c3cccc(F)c3)CC2)C1(C)C.Cl. The van der Waals surface area contributed by atoms with Crippen molar-refractivity contribution in [1.82, 2.24) is 9.80 Å². The van der Waals surface area contributed by atoms with Crippen LogP contribution in [-0.4, -0.2) is 66.0 Å². The van der Waals surface area contributed by atoms with Gasteiger partial charge < -0.3 is 20.3 Å². The summed E-state index contributed by atoms with van der Waals surface area (Å²) in [5, 5.41) is 0. The number of benzene rings is 1. The number of rotatable bonds is 4. The Morgan fingerprint density at radius 2 is 1.82 bits per heavy atom. The molecular weight excluding hydrogens is 385 g/mol. The van der Waals surface area contributed by atoms with Gasteiger partial charge in [-0.25, -0.2) is 4.39 Å². The summed E-state index contributed by atoms with van der Waals surface area (Å²) in [5.74, 6) is -0.735. The molecule has 1 aliphatic carbocycles. The molecule has 8 heteroatoms. The largest absolute Gasteiger partial charge is 0.378 e. The third kappa shape index (κ3) is 3.75. The number of nitrogens with zero attached hydrogens (tertiary/aromatic N) is 2. The van der Waals surface area contributed by atoms with Crippen LogP contribution in [0.3, 0.4) is 0 Å². The van der Waals surface area contributed by atoms with Gasteiger partial charge in [0.15, 0.2) is 0 Å².